The highest BCUT2D eigenvalue weighted by molar-refractivity contribution is 7.14. The van der Waals surface area contributed by atoms with E-state index in [1.54, 1.807) is 23.2 Å². The number of thiazole rings is 1. The number of hydrogen-bond acceptors (Lipinski definition) is 4. The third-order valence-corrected chi connectivity index (χ3v) is 4.80. The van der Waals surface area contributed by atoms with Gasteiger partial charge in [-0.15, -0.1) is 11.3 Å². The zero-order chi connectivity index (χ0) is 17.2. The minimum absolute atomic E-state index is 0.214. The monoisotopic (exact) mass is 365 g/mol. The Morgan fingerprint density at radius 2 is 1.80 bits per heavy atom. The van der Waals surface area contributed by atoms with Crippen LogP contribution in [0.1, 0.15) is 11.1 Å². The highest BCUT2D eigenvalue weighted by atomic mass is 35.5. The van der Waals surface area contributed by atoms with Crippen LogP contribution in [0.4, 0.5) is 5.13 Å². The number of hydrogen-bond donors (Lipinski definition) is 0. The molecule has 0 aliphatic carbocycles. The van der Waals surface area contributed by atoms with E-state index >= 15 is 0 Å². The quantitative estimate of drug-likeness (QED) is 0.635. The van der Waals surface area contributed by atoms with E-state index in [-0.39, 0.29) is 5.91 Å². The molecule has 1 aromatic heterocycles. The van der Waals surface area contributed by atoms with Crippen molar-refractivity contribution in [2.24, 2.45) is 4.99 Å². The molecule has 2 heterocycles. The van der Waals surface area contributed by atoms with Crippen LogP contribution in [0.25, 0.3) is 6.08 Å². The molecular weight excluding hydrogens is 354 g/mol. The molecule has 0 fully saturated rings. The Kier molecular flexibility index (Phi) is 4.17. The maximum Gasteiger partial charge on any atom is 0.284 e. The maximum atomic E-state index is 13.0. The lowest BCUT2D eigenvalue weighted by Crippen LogP contribution is -2.32. The van der Waals surface area contributed by atoms with Gasteiger partial charge in [-0.1, -0.05) is 60.1 Å². The highest BCUT2D eigenvalue weighted by Crippen LogP contribution is 2.30. The molecule has 0 saturated heterocycles. The number of amides is 1. The highest BCUT2D eigenvalue weighted by Gasteiger charge is 2.33. The number of aliphatic imine (C=N–C) groups is 1. The van der Waals surface area contributed by atoms with Crippen LogP contribution < -0.4 is 4.90 Å². The predicted octanol–water partition coefficient (Wildman–Crippen LogP) is 4.63. The normalized spacial score (nSPS) is 15.7. The van der Waals surface area contributed by atoms with E-state index in [2.05, 4.69) is 9.98 Å². The molecule has 1 aliphatic rings. The molecule has 0 spiro atoms. The fourth-order valence-corrected chi connectivity index (χ4v) is 3.37. The topological polar surface area (TPSA) is 45.6 Å². The number of carbonyl (C=O) groups is 1. The zero-order valence-corrected chi connectivity index (χ0v) is 14.5. The van der Waals surface area contributed by atoms with Crippen LogP contribution in [0, 0.1) is 0 Å². The minimum atomic E-state index is -0.214. The van der Waals surface area contributed by atoms with Crippen molar-refractivity contribution in [2.75, 3.05) is 4.90 Å². The minimum Gasteiger partial charge on any atom is -0.266 e. The van der Waals surface area contributed by atoms with Gasteiger partial charge in [-0.2, -0.15) is 0 Å². The summed E-state index contributed by atoms with van der Waals surface area (Å²) in [6, 6.07) is 17.0. The van der Waals surface area contributed by atoms with E-state index in [1.165, 1.54) is 11.3 Å². The van der Waals surface area contributed by atoms with Crippen molar-refractivity contribution in [1.82, 2.24) is 4.98 Å². The van der Waals surface area contributed by atoms with Crippen molar-refractivity contribution in [2.45, 2.75) is 0 Å². The van der Waals surface area contributed by atoms with Gasteiger partial charge in [-0.25, -0.2) is 14.9 Å². The summed E-state index contributed by atoms with van der Waals surface area (Å²) in [5, 5.41) is 3.00. The average molecular weight is 366 g/mol. The second-order valence-corrected chi connectivity index (χ2v) is 6.59. The molecule has 0 N–H and O–H groups in total. The van der Waals surface area contributed by atoms with Gasteiger partial charge in [0, 0.05) is 22.2 Å². The molecule has 3 aromatic rings. The third kappa shape index (κ3) is 2.99. The summed E-state index contributed by atoms with van der Waals surface area (Å²) < 4.78 is 0. The van der Waals surface area contributed by atoms with Gasteiger partial charge in [-0.05, 0) is 17.7 Å². The number of aromatic nitrogens is 1. The summed E-state index contributed by atoms with van der Waals surface area (Å²) in [7, 11) is 0. The molecule has 0 saturated carbocycles. The van der Waals surface area contributed by atoms with Crippen LogP contribution in [-0.4, -0.2) is 16.7 Å². The first-order valence-corrected chi connectivity index (χ1v) is 8.84. The second-order valence-electron chi connectivity index (χ2n) is 5.31. The van der Waals surface area contributed by atoms with Crippen molar-refractivity contribution in [3.8, 4) is 0 Å². The van der Waals surface area contributed by atoms with Crippen molar-refractivity contribution < 1.29 is 4.79 Å². The first kappa shape index (κ1) is 15.7. The molecule has 1 amide bonds. The molecule has 2 aromatic carbocycles. The first-order chi connectivity index (χ1) is 12.2. The van der Waals surface area contributed by atoms with E-state index in [1.807, 2.05) is 53.9 Å². The lowest BCUT2D eigenvalue weighted by atomic mass is 10.2. The molecule has 6 heteroatoms. The van der Waals surface area contributed by atoms with Crippen LogP contribution >= 0.6 is 22.9 Å². The van der Waals surface area contributed by atoms with Gasteiger partial charge in [0.25, 0.3) is 5.91 Å². The van der Waals surface area contributed by atoms with Crippen LogP contribution in [-0.2, 0) is 4.79 Å². The number of halogens is 1. The van der Waals surface area contributed by atoms with Gasteiger partial charge in [0.1, 0.15) is 11.5 Å². The van der Waals surface area contributed by atoms with Gasteiger partial charge < -0.3 is 0 Å². The Morgan fingerprint density at radius 3 is 2.52 bits per heavy atom. The Hall–Kier alpha value is -2.76. The summed E-state index contributed by atoms with van der Waals surface area (Å²) >= 11 is 7.61. The molecule has 0 unspecified atom stereocenters. The molecule has 25 heavy (non-hydrogen) atoms. The smallest absolute Gasteiger partial charge is 0.266 e. The fraction of sp³-hybridized carbons (Fsp3) is 0. The van der Waals surface area contributed by atoms with E-state index in [4.69, 9.17) is 11.6 Å². The van der Waals surface area contributed by atoms with E-state index < -0.39 is 0 Å². The molecule has 4 rings (SSSR count). The predicted molar refractivity (Wildman–Crippen MR) is 102 cm³/mol. The van der Waals surface area contributed by atoms with Gasteiger partial charge in [0.2, 0.25) is 0 Å². The number of rotatable bonds is 3. The van der Waals surface area contributed by atoms with Crippen LogP contribution in [0.2, 0.25) is 5.02 Å². The van der Waals surface area contributed by atoms with E-state index in [9.17, 15) is 4.79 Å². The van der Waals surface area contributed by atoms with Gasteiger partial charge >= 0.3 is 0 Å². The summed E-state index contributed by atoms with van der Waals surface area (Å²) in [5.41, 5.74) is 1.94. The molecule has 122 valence electrons. The van der Waals surface area contributed by atoms with Crippen molar-refractivity contribution >= 4 is 45.9 Å². The van der Waals surface area contributed by atoms with Crippen LogP contribution in [0.15, 0.2) is 76.9 Å². The van der Waals surface area contributed by atoms with Crippen molar-refractivity contribution in [3.63, 3.8) is 0 Å². The van der Waals surface area contributed by atoms with Crippen molar-refractivity contribution in [3.05, 3.63) is 88.0 Å². The molecular formula is C19H12ClN3OS. The Balaban J connectivity index is 1.83. The summed E-state index contributed by atoms with van der Waals surface area (Å²) in [6.45, 7) is 0. The molecule has 1 aliphatic heterocycles. The molecule has 0 atom stereocenters. The van der Waals surface area contributed by atoms with Gasteiger partial charge in [-0.3, -0.25) is 4.79 Å². The molecule has 0 bridgehead atoms. The zero-order valence-electron chi connectivity index (χ0n) is 13.0. The number of amidine groups is 1. The van der Waals surface area contributed by atoms with E-state index in [0.29, 0.717) is 21.7 Å². The third-order valence-electron chi connectivity index (χ3n) is 3.70. The fourth-order valence-electron chi connectivity index (χ4n) is 2.54. The van der Waals surface area contributed by atoms with E-state index in [0.717, 1.165) is 11.1 Å². The summed E-state index contributed by atoms with van der Waals surface area (Å²) in [4.78, 5) is 23.4. The Labute approximate surface area is 153 Å². The SMILES string of the molecule is O=C1/C(=C/c2ccccc2Cl)N=C(c2ccccc2)N1c1nccs1. The standard InChI is InChI=1S/C19H12ClN3OS/c20-15-9-5-4-8-14(15)12-16-18(24)23(19-21-10-11-25-19)17(22-16)13-6-2-1-3-7-13/h1-12H/b16-12-. The lowest BCUT2D eigenvalue weighted by molar-refractivity contribution is -0.113. The average Bonchev–Trinajstić information content (AvgIpc) is 3.26. The summed E-state index contributed by atoms with van der Waals surface area (Å²) in [6.07, 6.45) is 3.38. The number of nitrogens with zero attached hydrogens (tertiary/aromatic N) is 3. The van der Waals surface area contributed by atoms with Gasteiger partial charge in [0.15, 0.2) is 5.13 Å². The number of benzene rings is 2. The number of anilines is 1. The molecule has 0 radical (unpaired) electrons. The van der Waals surface area contributed by atoms with Crippen LogP contribution in [0.5, 0.6) is 0 Å². The van der Waals surface area contributed by atoms with Gasteiger partial charge in [0.05, 0.1) is 0 Å². The maximum absolute atomic E-state index is 13.0. The Bertz CT molecular complexity index is 981. The largest absolute Gasteiger partial charge is 0.284 e. The Morgan fingerprint density at radius 1 is 1.04 bits per heavy atom. The second kappa shape index (κ2) is 6.63. The molecule has 4 nitrogen and oxygen atoms in total. The first-order valence-electron chi connectivity index (χ1n) is 7.58. The van der Waals surface area contributed by atoms with Crippen molar-refractivity contribution in [1.29, 1.82) is 0 Å². The van der Waals surface area contributed by atoms with Crippen LogP contribution in [0.3, 0.4) is 0 Å². The lowest BCUT2D eigenvalue weighted by Gasteiger charge is -2.14. The summed E-state index contributed by atoms with van der Waals surface area (Å²) in [5.74, 6) is 0.354. The number of carbonyl (C=O) groups excluding carboxylic acids is 1.